The van der Waals surface area contributed by atoms with E-state index in [2.05, 4.69) is 26.1 Å². The number of hydrogen-bond donors (Lipinski definition) is 2. The van der Waals surface area contributed by atoms with Gasteiger partial charge in [0.25, 0.3) is 0 Å². The molecule has 0 saturated heterocycles. The number of aliphatic carboxylic acids is 1. The fraction of sp³-hybridized carbons (Fsp3) is 0.933. The van der Waals surface area contributed by atoms with Crippen LogP contribution >= 0.6 is 0 Å². The van der Waals surface area contributed by atoms with Crippen molar-refractivity contribution in [3.63, 3.8) is 0 Å². The summed E-state index contributed by atoms with van der Waals surface area (Å²) < 4.78 is 6.01. The Balaban J connectivity index is 2.42. The lowest BCUT2D eigenvalue weighted by Gasteiger charge is -2.37. The smallest absolute Gasteiger partial charge is 0.320 e. The first-order chi connectivity index (χ1) is 8.95. The van der Waals surface area contributed by atoms with Crippen LogP contribution in [-0.4, -0.2) is 36.9 Å². The van der Waals surface area contributed by atoms with Gasteiger partial charge in [0, 0.05) is 6.61 Å². The summed E-state index contributed by atoms with van der Waals surface area (Å²) in [7, 11) is 1.68. The molecular weight excluding hydrogens is 242 g/mol. The van der Waals surface area contributed by atoms with Crippen molar-refractivity contribution in [1.29, 1.82) is 0 Å². The van der Waals surface area contributed by atoms with Gasteiger partial charge in [-0.05, 0) is 44.1 Å². The zero-order chi connectivity index (χ0) is 14.4. The van der Waals surface area contributed by atoms with Crippen molar-refractivity contribution in [2.24, 2.45) is 17.8 Å². The minimum absolute atomic E-state index is 0.301. The number of hydrogen-bond acceptors (Lipinski definition) is 3. The first-order valence-corrected chi connectivity index (χ1v) is 7.47. The normalized spacial score (nSPS) is 29.4. The van der Waals surface area contributed by atoms with E-state index in [0.717, 1.165) is 12.3 Å². The van der Waals surface area contributed by atoms with Gasteiger partial charge in [-0.2, -0.15) is 0 Å². The second-order valence-electron chi connectivity index (χ2n) is 6.20. The van der Waals surface area contributed by atoms with Gasteiger partial charge < -0.3 is 15.2 Å². The molecule has 0 aliphatic heterocycles. The molecule has 2 N–H and O–H groups in total. The Morgan fingerprint density at radius 1 is 1.42 bits per heavy atom. The molecule has 0 spiro atoms. The summed E-state index contributed by atoms with van der Waals surface area (Å²) in [5, 5.41) is 11.8. The van der Waals surface area contributed by atoms with Crippen molar-refractivity contribution in [1.82, 2.24) is 5.32 Å². The van der Waals surface area contributed by atoms with Crippen LogP contribution in [0, 0.1) is 17.8 Å². The van der Waals surface area contributed by atoms with Gasteiger partial charge in [-0.15, -0.1) is 0 Å². The van der Waals surface area contributed by atoms with Crippen molar-refractivity contribution in [3.05, 3.63) is 0 Å². The summed E-state index contributed by atoms with van der Waals surface area (Å²) in [6.07, 6.45) is 4.46. The quantitative estimate of drug-likeness (QED) is 0.747. The summed E-state index contributed by atoms with van der Waals surface area (Å²) in [4.78, 5) is 10.9. The van der Waals surface area contributed by atoms with Crippen LogP contribution < -0.4 is 5.32 Å². The fourth-order valence-corrected chi connectivity index (χ4v) is 3.03. The summed E-state index contributed by atoms with van der Waals surface area (Å²) in [6.45, 7) is 7.31. The van der Waals surface area contributed by atoms with Gasteiger partial charge in [0.1, 0.15) is 6.04 Å². The number of carboxylic acid groups (broad SMARTS) is 1. The molecule has 0 radical (unpaired) electrons. The van der Waals surface area contributed by atoms with Crippen LogP contribution in [0.4, 0.5) is 0 Å². The minimum atomic E-state index is -0.802. The van der Waals surface area contributed by atoms with E-state index in [1.165, 1.54) is 12.8 Å². The van der Waals surface area contributed by atoms with Gasteiger partial charge >= 0.3 is 5.97 Å². The van der Waals surface area contributed by atoms with E-state index in [9.17, 15) is 4.79 Å². The summed E-state index contributed by atoms with van der Waals surface area (Å²) >= 11 is 0. The number of ether oxygens (including phenoxy) is 1. The fourth-order valence-electron chi connectivity index (χ4n) is 3.03. The largest absolute Gasteiger partial charge is 0.480 e. The van der Waals surface area contributed by atoms with Crippen LogP contribution in [0.5, 0.6) is 0 Å². The maximum atomic E-state index is 10.9. The molecule has 4 nitrogen and oxygen atoms in total. The Morgan fingerprint density at radius 2 is 2.11 bits per heavy atom. The van der Waals surface area contributed by atoms with Gasteiger partial charge in [0.2, 0.25) is 0 Å². The molecule has 1 fully saturated rings. The Labute approximate surface area is 116 Å². The molecule has 4 unspecified atom stereocenters. The third kappa shape index (κ3) is 5.11. The van der Waals surface area contributed by atoms with Crippen LogP contribution in [0.2, 0.25) is 0 Å². The van der Waals surface area contributed by atoms with E-state index in [0.29, 0.717) is 31.0 Å². The van der Waals surface area contributed by atoms with Crippen molar-refractivity contribution < 1.29 is 14.6 Å². The lowest BCUT2D eigenvalue weighted by atomic mass is 9.75. The van der Waals surface area contributed by atoms with E-state index in [1.807, 2.05) is 0 Å². The highest BCUT2D eigenvalue weighted by Gasteiger charge is 2.31. The lowest BCUT2D eigenvalue weighted by Crippen LogP contribution is -2.38. The number of carboxylic acids is 1. The van der Waals surface area contributed by atoms with Crippen LogP contribution in [0.3, 0.4) is 0 Å². The molecule has 0 aromatic carbocycles. The molecule has 4 atom stereocenters. The van der Waals surface area contributed by atoms with Crippen LogP contribution in [0.1, 0.15) is 46.5 Å². The third-order valence-corrected chi connectivity index (χ3v) is 4.35. The zero-order valence-electron chi connectivity index (χ0n) is 12.7. The Bertz CT molecular complexity index is 281. The minimum Gasteiger partial charge on any atom is -0.480 e. The second-order valence-corrected chi connectivity index (χ2v) is 6.20. The molecule has 19 heavy (non-hydrogen) atoms. The van der Waals surface area contributed by atoms with Crippen LogP contribution in [-0.2, 0) is 9.53 Å². The van der Waals surface area contributed by atoms with Gasteiger partial charge in [0.15, 0.2) is 0 Å². The predicted octanol–water partition coefficient (Wildman–Crippen LogP) is 2.53. The van der Waals surface area contributed by atoms with Gasteiger partial charge in [0.05, 0.1) is 6.10 Å². The number of nitrogens with one attached hydrogen (secondary N) is 1. The maximum Gasteiger partial charge on any atom is 0.320 e. The van der Waals surface area contributed by atoms with E-state index < -0.39 is 12.0 Å². The highest BCUT2D eigenvalue weighted by atomic mass is 16.5. The standard InChI is InChI=1S/C15H29NO3/c1-10(2)12-6-5-11(3)9-14(12)19-8-7-13(16-4)15(17)18/h10-14,16H,5-9H2,1-4H3,(H,17,18). The maximum absolute atomic E-state index is 10.9. The monoisotopic (exact) mass is 271 g/mol. The van der Waals surface area contributed by atoms with Crippen molar-refractivity contribution in [2.75, 3.05) is 13.7 Å². The molecule has 1 aliphatic rings. The number of rotatable bonds is 7. The van der Waals surface area contributed by atoms with Gasteiger partial charge in [-0.25, -0.2) is 0 Å². The molecule has 0 bridgehead atoms. The van der Waals surface area contributed by atoms with Crippen LogP contribution in [0.25, 0.3) is 0 Å². The molecule has 0 amide bonds. The van der Waals surface area contributed by atoms with E-state index in [1.54, 1.807) is 7.05 Å². The average Bonchev–Trinajstić information content (AvgIpc) is 2.33. The van der Waals surface area contributed by atoms with Crippen molar-refractivity contribution in [3.8, 4) is 0 Å². The first-order valence-electron chi connectivity index (χ1n) is 7.47. The molecule has 112 valence electrons. The van der Waals surface area contributed by atoms with Crippen LogP contribution in [0.15, 0.2) is 0 Å². The average molecular weight is 271 g/mol. The summed E-state index contributed by atoms with van der Waals surface area (Å²) in [5.41, 5.74) is 0. The van der Waals surface area contributed by atoms with E-state index in [-0.39, 0.29) is 0 Å². The number of carbonyl (C=O) groups is 1. The Morgan fingerprint density at radius 3 is 2.63 bits per heavy atom. The van der Waals surface area contributed by atoms with E-state index in [4.69, 9.17) is 9.84 Å². The molecule has 1 aliphatic carbocycles. The van der Waals surface area contributed by atoms with Gasteiger partial charge in [-0.3, -0.25) is 4.79 Å². The Kier molecular flexibility index (Phi) is 6.80. The molecular formula is C15H29NO3. The highest BCUT2D eigenvalue weighted by molar-refractivity contribution is 5.73. The number of likely N-dealkylation sites (N-methyl/N-ethyl adjacent to an activating group) is 1. The summed E-state index contributed by atoms with van der Waals surface area (Å²) in [5.74, 6) is 1.18. The third-order valence-electron chi connectivity index (χ3n) is 4.35. The summed E-state index contributed by atoms with van der Waals surface area (Å²) in [6, 6.07) is -0.501. The zero-order valence-corrected chi connectivity index (χ0v) is 12.7. The SMILES string of the molecule is CNC(CCOC1CC(C)CCC1C(C)C)C(=O)O. The molecule has 4 heteroatoms. The van der Waals surface area contributed by atoms with E-state index >= 15 is 0 Å². The van der Waals surface area contributed by atoms with Gasteiger partial charge in [-0.1, -0.05) is 27.2 Å². The molecule has 1 rings (SSSR count). The Hall–Kier alpha value is -0.610. The van der Waals surface area contributed by atoms with Crippen molar-refractivity contribution >= 4 is 5.97 Å². The second kappa shape index (κ2) is 7.85. The topological polar surface area (TPSA) is 58.6 Å². The van der Waals surface area contributed by atoms with Crippen molar-refractivity contribution in [2.45, 2.75) is 58.6 Å². The highest BCUT2D eigenvalue weighted by Crippen LogP contribution is 2.35. The lowest BCUT2D eigenvalue weighted by molar-refractivity contribution is -0.140. The molecule has 0 heterocycles. The molecule has 0 aromatic rings. The molecule has 1 saturated carbocycles. The molecule has 0 aromatic heterocycles. The predicted molar refractivity (Wildman–Crippen MR) is 76.2 cm³/mol. The first kappa shape index (κ1) is 16.4.